The zero-order valence-electron chi connectivity index (χ0n) is 12.8. The van der Waals surface area contributed by atoms with Gasteiger partial charge >= 0.3 is 0 Å². The van der Waals surface area contributed by atoms with Crippen molar-refractivity contribution in [1.29, 1.82) is 0 Å². The summed E-state index contributed by atoms with van der Waals surface area (Å²) in [6.45, 7) is 11.0. The molecule has 0 aromatic heterocycles. The molecular weight excluding hydrogens is 218 g/mol. The SMILES string of the molecule is C=C(/C=C\[C@@H](C)CC/C=N\C)CCCC(C)CC. The Hall–Kier alpha value is -0.850. The average molecular weight is 249 g/mol. The number of nitrogens with zero attached hydrogens (tertiary/aromatic N) is 1. The number of hydrogen-bond donors (Lipinski definition) is 0. The van der Waals surface area contributed by atoms with Crippen LogP contribution in [0.25, 0.3) is 0 Å². The zero-order chi connectivity index (χ0) is 13.8. The van der Waals surface area contributed by atoms with Crippen LogP contribution in [0.2, 0.25) is 0 Å². The molecule has 18 heavy (non-hydrogen) atoms. The van der Waals surface area contributed by atoms with Crippen molar-refractivity contribution in [2.24, 2.45) is 16.8 Å². The molecule has 0 saturated carbocycles. The molecule has 0 aromatic rings. The Morgan fingerprint density at radius 1 is 1.28 bits per heavy atom. The van der Waals surface area contributed by atoms with Gasteiger partial charge in [-0.3, -0.25) is 0 Å². The summed E-state index contributed by atoms with van der Waals surface area (Å²) in [6, 6.07) is 0. The normalized spacial score (nSPS) is 15.3. The molecule has 1 unspecified atom stereocenters. The first-order chi connectivity index (χ1) is 8.60. The number of aliphatic imine (C=N–C) groups is 1. The molecule has 0 spiro atoms. The minimum Gasteiger partial charge on any atom is -0.301 e. The maximum Gasteiger partial charge on any atom is 0.0273 e. The molecule has 1 nitrogen and oxygen atoms in total. The largest absolute Gasteiger partial charge is 0.301 e. The van der Waals surface area contributed by atoms with Gasteiger partial charge in [0.25, 0.3) is 0 Å². The van der Waals surface area contributed by atoms with Crippen molar-refractivity contribution in [3.63, 3.8) is 0 Å². The molecule has 0 aliphatic heterocycles. The molecular formula is C17H31N. The Morgan fingerprint density at radius 2 is 2.00 bits per heavy atom. The van der Waals surface area contributed by atoms with Crippen molar-refractivity contribution in [2.45, 2.75) is 59.3 Å². The lowest BCUT2D eigenvalue weighted by Gasteiger charge is -2.08. The van der Waals surface area contributed by atoms with Crippen LogP contribution in [0.1, 0.15) is 59.3 Å². The quantitative estimate of drug-likeness (QED) is 0.361. The van der Waals surface area contributed by atoms with E-state index in [-0.39, 0.29) is 0 Å². The third-order valence-electron chi connectivity index (χ3n) is 3.49. The van der Waals surface area contributed by atoms with E-state index in [2.05, 4.69) is 44.5 Å². The number of rotatable bonds is 10. The highest BCUT2D eigenvalue weighted by Gasteiger charge is 1.99. The van der Waals surface area contributed by atoms with Gasteiger partial charge in [-0.2, -0.15) is 0 Å². The summed E-state index contributed by atoms with van der Waals surface area (Å²) in [5, 5.41) is 0. The van der Waals surface area contributed by atoms with Gasteiger partial charge in [0.15, 0.2) is 0 Å². The van der Waals surface area contributed by atoms with Crippen LogP contribution in [-0.4, -0.2) is 13.3 Å². The van der Waals surface area contributed by atoms with E-state index in [0.717, 1.165) is 18.8 Å². The van der Waals surface area contributed by atoms with Crippen LogP contribution in [0.4, 0.5) is 0 Å². The Balaban J connectivity index is 3.72. The fourth-order valence-electron chi connectivity index (χ4n) is 1.83. The molecule has 0 aliphatic rings. The van der Waals surface area contributed by atoms with Crippen LogP contribution in [0.3, 0.4) is 0 Å². The predicted molar refractivity (Wildman–Crippen MR) is 84.4 cm³/mol. The van der Waals surface area contributed by atoms with E-state index in [1.54, 1.807) is 0 Å². The summed E-state index contributed by atoms with van der Waals surface area (Å²) >= 11 is 0. The topological polar surface area (TPSA) is 12.4 Å². The maximum absolute atomic E-state index is 4.13. The molecule has 0 aliphatic carbocycles. The highest BCUT2D eigenvalue weighted by atomic mass is 14.6. The first kappa shape index (κ1) is 17.2. The van der Waals surface area contributed by atoms with E-state index in [1.807, 2.05) is 13.3 Å². The molecule has 0 bridgehead atoms. The van der Waals surface area contributed by atoms with Gasteiger partial charge in [0.05, 0.1) is 0 Å². The van der Waals surface area contributed by atoms with Crippen molar-refractivity contribution in [1.82, 2.24) is 0 Å². The van der Waals surface area contributed by atoms with Crippen LogP contribution in [0.15, 0.2) is 29.3 Å². The van der Waals surface area contributed by atoms with Crippen molar-refractivity contribution in [2.75, 3.05) is 7.05 Å². The van der Waals surface area contributed by atoms with E-state index in [0.29, 0.717) is 5.92 Å². The van der Waals surface area contributed by atoms with Gasteiger partial charge in [-0.15, -0.1) is 0 Å². The Kier molecular flexibility index (Phi) is 10.7. The summed E-state index contributed by atoms with van der Waals surface area (Å²) in [5.41, 5.74) is 1.27. The van der Waals surface area contributed by atoms with Crippen molar-refractivity contribution in [3.8, 4) is 0 Å². The van der Waals surface area contributed by atoms with Crippen LogP contribution in [0, 0.1) is 11.8 Å². The number of hydrogen-bond acceptors (Lipinski definition) is 1. The zero-order valence-corrected chi connectivity index (χ0v) is 12.8. The average Bonchev–Trinajstić information content (AvgIpc) is 2.36. The second-order valence-electron chi connectivity index (χ2n) is 5.42. The fraction of sp³-hybridized carbons (Fsp3) is 0.706. The summed E-state index contributed by atoms with van der Waals surface area (Å²) in [5.74, 6) is 1.48. The highest BCUT2D eigenvalue weighted by molar-refractivity contribution is 5.56. The third-order valence-corrected chi connectivity index (χ3v) is 3.49. The van der Waals surface area contributed by atoms with E-state index in [4.69, 9.17) is 0 Å². The minimum absolute atomic E-state index is 0.620. The lowest BCUT2D eigenvalue weighted by molar-refractivity contribution is 0.496. The molecule has 0 aromatic carbocycles. The molecule has 0 saturated heterocycles. The second kappa shape index (κ2) is 11.3. The number of allylic oxidation sites excluding steroid dienone is 3. The van der Waals surface area contributed by atoms with Crippen LogP contribution < -0.4 is 0 Å². The Labute approximate surface area is 114 Å². The summed E-state index contributed by atoms with van der Waals surface area (Å²) < 4.78 is 0. The van der Waals surface area contributed by atoms with Gasteiger partial charge in [0, 0.05) is 7.05 Å². The molecule has 1 heteroatoms. The van der Waals surface area contributed by atoms with Gasteiger partial charge < -0.3 is 4.99 Å². The lowest BCUT2D eigenvalue weighted by Crippen LogP contribution is -1.93. The van der Waals surface area contributed by atoms with Crippen molar-refractivity contribution in [3.05, 3.63) is 24.3 Å². The summed E-state index contributed by atoms with van der Waals surface area (Å²) in [7, 11) is 1.83. The van der Waals surface area contributed by atoms with E-state index < -0.39 is 0 Å². The first-order valence-corrected chi connectivity index (χ1v) is 7.36. The van der Waals surface area contributed by atoms with E-state index >= 15 is 0 Å². The fourth-order valence-corrected chi connectivity index (χ4v) is 1.83. The van der Waals surface area contributed by atoms with Gasteiger partial charge in [-0.25, -0.2) is 0 Å². The van der Waals surface area contributed by atoms with Gasteiger partial charge in [-0.05, 0) is 43.7 Å². The predicted octanol–water partition coefficient (Wildman–Crippen LogP) is 5.43. The van der Waals surface area contributed by atoms with Gasteiger partial charge in [0.1, 0.15) is 0 Å². The second-order valence-corrected chi connectivity index (χ2v) is 5.42. The van der Waals surface area contributed by atoms with Crippen LogP contribution >= 0.6 is 0 Å². The highest BCUT2D eigenvalue weighted by Crippen LogP contribution is 2.15. The van der Waals surface area contributed by atoms with Crippen molar-refractivity contribution >= 4 is 6.21 Å². The molecule has 0 rings (SSSR count). The molecule has 0 radical (unpaired) electrons. The van der Waals surface area contributed by atoms with E-state index in [1.165, 1.54) is 31.3 Å². The summed E-state index contributed by atoms with van der Waals surface area (Å²) in [6.07, 6.45) is 13.8. The molecule has 0 fully saturated rings. The molecule has 104 valence electrons. The molecule has 0 amide bonds. The Bertz CT molecular complexity index is 263. The molecule has 2 atom stereocenters. The minimum atomic E-state index is 0.620. The van der Waals surface area contributed by atoms with Gasteiger partial charge in [-0.1, -0.05) is 57.9 Å². The standard InChI is InChI=1S/C17H31N/c1-6-15(2)9-7-10-16(3)12-13-17(4)11-8-14-18-5/h12-15,17H,3,6-11H2,1-2,4-5H3/b13-12-,18-14-/t15?,17-/m0/s1. The maximum atomic E-state index is 4.13. The lowest BCUT2D eigenvalue weighted by atomic mass is 9.98. The Morgan fingerprint density at radius 3 is 2.61 bits per heavy atom. The monoisotopic (exact) mass is 249 g/mol. The van der Waals surface area contributed by atoms with Crippen LogP contribution in [0.5, 0.6) is 0 Å². The molecule has 0 N–H and O–H groups in total. The van der Waals surface area contributed by atoms with Gasteiger partial charge in [0.2, 0.25) is 0 Å². The summed E-state index contributed by atoms with van der Waals surface area (Å²) in [4.78, 5) is 4.00. The van der Waals surface area contributed by atoms with Crippen LogP contribution in [-0.2, 0) is 0 Å². The molecule has 0 heterocycles. The third kappa shape index (κ3) is 10.3. The first-order valence-electron chi connectivity index (χ1n) is 7.36. The smallest absolute Gasteiger partial charge is 0.0273 e. The van der Waals surface area contributed by atoms with E-state index in [9.17, 15) is 0 Å². The van der Waals surface area contributed by atoms with Crippen molar-refractivity contribution < 1.29 is 0 Å².